The molecule has 0 aromatic rings. The number of allylic oxidation sites excluding steroid dienone is 5. The van der Waals surface area contributed by atoms with Gasteiger partial charge < -0.3 is 28.8 Å². The number of carbonyl (C=O) groups is 1. The number of likely N-dealkylation sites (N-methyl/N-ethyl adjacent to an activating group) is 1. The molecule has 516 valence electrons. The first-order valence-electron chi connectivity index (χ1n) is 38.9. The van der Waals surface area contributed by atoms with Crippen LogP contribution in [0.5, 0.6) is 0 Å². The van der Waals surface area contributed by atoms with E-state index in [4.69, 9.17) is 9.05 Å². The molecule has 0 radical (unpaired) electrons. The van der Waals surface area contributed by atoms with Crippen LogP contribution in [0.3, 0.4) is 0 Å². The van der Waals surface area contributed by atoms with Gasteiger partial charge in [0.2, 0.25) is 5.91 Å². The maximum Gasteiger partial charge on any atom is 0.268 e. The molecule has 2 N–H and O–H groups in total. The maximum atomic E-state index is 13.1. The molecule has 9 heteroatoms. The highest BCUT2D eigenvalue weighted by Crippen LogP contribution is 2.38. The highest BCUT2D eigenvalue weighted by molar-refractivity contribution is 7.45. The van der Waals surface area contributed by atoms with Crippen molar-refractivity contribution in [1.82, 2.24) is 5.32 Å². The zero-order chi connectivity index (χ0) is 63.4. The fraction of sp³-hybridized carbons (Fsp3) is 0.910. The van der Waals surface area contributed by atoms with Gasteiger partial charge in [0.05, 0.1) is 39.9 Å². The predicted molar refractivity (Wildman–Crippen MR) is 381 cm³/mol. The molecule has 0 bridgehead atoms. The lowest BCUT2D eigenvalue weighted by atomic mass is 10.0. The van der Waals surface area contributed by atoms with Crippen LogP contribution in [0.1, 0.15) is 406 Å². The van der Waals surface area contributed by atoms with Crippen LogP contribution in [0.4, 0.5) is 0 Å². The Balaban J connectivity index is 3.90. The number of carbonyl (C=O) groups excluding carboxylic acids is 1. The van der Waals surface area contributed by atoms with Crippen LogP contribution in [0.25, 0.3) is 0 Å². The van der Waals surface area contributed by atoms with Gasteiger partial charge in [0, 0.05) is 6.42 Å². The van der Waals surface area contributed by atoms with Gasteiger partial charge in [0.25, 0.3) is 7.82 Å². The standard InChI is InChI=1S/C78H153N2O6P/c1-6-8-10-12-14-16-18-20-22-24-26-28-30-32-33-34-35-36-37-38-39-40-41-42-43-44-45-46-47-48-50-52-54-56-58-60-62-64-66-68-70-72-78(82)79-76(75-86-87(83,84)85-74-73-80(3,4)5)77(81)71-69-67-65-63-61-59-57-55-53-51-49-31-29-27-25-23-21-19-17-15-13-11-9-7-2/h18,20,24,26,69,71,76-77,81H,6-17,19,21-23,25,27-68,70,72-75H2,1-5H3,(H-,79,82,83,84)/b20-18-,26-24-,71-69+. The number of hydrogen-bond acceptors (Lipinski definition) is 6. The molecule has 3 atom stereocenters. The number of hydrogen-bond donors (Lipinski definition) is 2. The minimum atomic E-state index is -4.60. The van der Waals surface area contributed by atoms with Crippen LogP contribution in [-0.2, 0) is 18.4 Å². The van der Waals surface area contributed by atoms with Gasteiger partial charge in [-0.25, -0.2) is 0 Å². The summed E-state index contributed by atoms with van der Waals surface area (Å²) < 4.78 is 23.5. The number of phosphoric ester groups is 1. The van der Waals surface area contributed by atoms with Crippen molar-refractivity contribution in [3.8, 4) is 0 Å². The summed E-state index contributed by atoms with van der Waals surface area (Å²) in [6.45, 7) is 4.70. The van der Waals surface area contributed by atoms with E-state index in [1.165, 1.54) is 340 Å². The Hall–Kier alpha value is -1.28. The van der Waals surface area contributed by atoms with Gasteiger partial charge in [-0.2, -0.15) is 0 Å². The smallest absolute Gasteiger partial charge is 0.268 e. The van der Waals surface area contributed by atoms with Crippen LogP contribution in [0.2, 0.25) is 0 Å². The Morgan fingerprint density at radius 2 is 0.667 bits per heavy atom. The van der Waals surface area contributed by atoms with Crippen LogP contribution in [-0.4, -0.2) is 68.5 Å². The van der Waals surface area contributed by atoms with Gasteiger partial charge in [-0.3, -0.25) is 9.36 Å². The minimum Gasteiger partial charge on any atom is -0.756 e. The number of aliphatic hydroxyl groups excluding tert-OH is 1. The van der Waals surface area contributed by atoms with Gasteiger partial charge in [-0.1, -0.05) is 384 Å². The molecule has 0 spiro atoms. The summed E-state index contributed by atoms with van der Waals surface area (Å²) in [5.74, 6) is -0.188. The zero-order valence-corrected chi connectivity index (χ0v) is 60.2. The highest BCUT2D eigenvalue weighted by Gasteiger charge is 2.23. The van der Waals surface area contributed by atoms with Crippen molar-refractivity contribution in [2.45, 2.75) is 418 Å². The summed E-state index contributed by atoms with van der Waals surface area (Å²) in [4.78, 5) is 25.7. The first kappa shape index (κ1) is 85.7. The molecule has 8 nitrogen and oxygen atoms in total. The van der Waals surface area contributed by atoms with Gasteiger partial charge in [-0.05, 0) is 51.4 Å². The quantitative estimate of drug-likeness (QED) is 0.0272. The number of unbranched alkanes of at least 4 members (excludes halogenated alkanes) is 56. The van der Waals surface area contributed by atoms with Gasteiger partial charge >= 0.3 is 0 Å². The SMILES string of the molecule is CCCCCCC/C=C\C/C=C\CCCCCCCCCCCCCCCCCCCCCCCCCCCCCCCC(=O)NC(COP(=O)([O-])OCC[N+](C)(C)C)C(O)/C=C/CCCCCCCCCCCCCCCCCCCCCCCC. The van der Waals surface area contributed by atoms with E-state index in [1.54, 1.807) is 6.08 Å². The number of aliphatic hydroxyl groups is 1. The van der Waals surface area contributed by atoms with Crippen molar-refractivity contribution >= 4 is 13.7 Å². The molecule has 0 aliphatic rings. The fourth-order valence-corrected chi connectivity index (χ4v) is 12.8. The molecule has 87 heavy (non-hydrogen) atoms. The Bertz CT molecular complexity index is 1510. The summed E-state index contributed by atoms with van der Waals surface area (Å²) in [5, 5.41) is 14.0. The lowest BCUT2D eigenvalue weighted by Crippen LogP contribution is -2.45. The predicted octanol–water partition coefficient (Wildman–Crippen LogP) is 24.5. The molecule has 3 unspecified atom stereocenters. The molecule has 0 fully saturated rings. The Labute approximate surface area is 544 Å². The normalized spacial score (nSPS) is 13.7. The van der Waals surface area contributed by atoms with Crippen molar-refractivity contribution in [3.63, 3.8) is 0 Å². The number of phosphoric acid groups is 1. The maximum absolute atomic E-state index is 13.1. The lowest BCUT2D eigenvalue weighted by Gasteiger charge is -2.29. The lowest BCUT2D eigenvalue weighted by molar-refractivity contribution is -0.870. The number of nitrogens with zero attached hydrogens (tertiary/aromatic N) is 1. The first-order chi connectivity index (χ1) is 42.5. The van der Waals surface area contributed by atoms with E-state index in [1.807, 2.05) is 27.2 Å². The molecule has 0 aromatic heterocycles. The second-order valence-corrected chi connectivity index (χ2v) is 29.5. The highest BCUT2D eigenvalue weighted by atomic mass is 31.2. The van der Waals surface area contributed by atoms with Crippen molar-refractivity contribution in [1.29, 1.82) is 0 Å². The second kappa shape index (κ2) is 69.1. The number of nitrogens with one attached hydrogen (secondary N) is 1. The number of quaternary nitrogens is 1. The van der Waals surface area contributed by atoms with Crippen molar-refractivity contribution in [2.24, 2.45) is 0 Å². The number of amides is 1. The third kappa shape index (κ3) is 72.0. The molecule has 1 amide bonds. The molecule has 0 aromatic carbocycles. The Kier molecular flexibility index (Phi) is 68.1. The summed E-state index contributed by atoms with van der Waals surface area (Å²) in [6, 6.07) is -0.886. The van der Waals surface area contributed by atoms with Crippen molar-refractivity contribution in [2.75, 3.05) is 40.9 Å². The molecule has 0 rings (SSSR count). The van der Waals surface area contributed by atoms with Crippen LogP contribution >= 0.6 is 7.82 Å². The van der Waals surface area contributed by atoms with E-state index in [0.29, 0.717) is 17.4 Å². The zero-order valence-electron chi connectivity index (χ0n) is 59.3. The van der Waals surface area contributed by atoms with E-state index in [9.17, 15) is 19.4 Å². The average molecular weight is 1250 g/mol. The summed E-state index contributed by atoms with van der Waals surface area (Å²) in [6.07, 6.45) is 93.1. The molecular weight excluding hydrogens is 1090 g/mol. The first-order valence-corrected chi connectivity index (χ1v) is 40.3. The van der Waals surface area contributed by atoms with E-state index in [0.717, 1.165) is 44.9 Å². The molecule has 0 saturated carbocycles. The average Bonchev–Trinajstić information content (AvgIpc) is 3.71. The van der Waals surface area contributed by atoms with E-state index >= 15 is 0 Å². The minimum absolute atomic E-state index is 0.00194. The third-order valence-corrected chi connectivity index (χ3v) is 19.1. The molecule has 0 aliphatic heterocycles. The van der Waals surface area contributed by atoms with E-state index in [-0.39, 0.29) is 19.1 Å². The van der Waals surface area contributed by atoms with Crippen molar-refractivity contribution < 1.29 is 32.9 Å². The van der Waals surface area contributed by atoms with Gasteiger partial charge in [0.15, 0.2) is 0 Å². The van der Waals surface area contributed by atoms with Crippen LogP contribution in [0, 0.1) is 0 Å². The third-order valence-electron chi connectivity index (χ3n) is 18.1. The van der Waals surface area contributed by atoms with E-state index in [2.05, 4.69) is 43.5 Å². The monoisotopic (exact) mass is 1250 g/mol. The molecule has 0 saturated heterocycles. The summed E-state index contributed by atoms with van der Waals surface area (Å²) in [5.41, 5.74) is 0. The van der Waals surface area contributed by atoms with Crippen LogP contribution in [0.15, 0.2) is 36.5 Å². The Morgan fingerprint density at radius 3 is 0.954 bits per heavy atom. The molecule has 0 aliphatic carbocycles. The topological polar surface area (TPSA) is 108 Å². The van der Waals surface area contributed by atoms with Crippen molar-refractivity contribution in [3.05, 3.63) is 36.5 Å². The summed E-state index contributed by atoms with van der Waals surface area (Å²) >= 11 is 0. The molecular formula is C78H153N2O6P. The van der Waals surface area contributed by atoms with Gasteiger partial charge in [-0.15, -0.1) is 0 Å². The summed E-state index contributed by atoms with van der Waals surface area (Å²) in [7, 11) is 1.28. The number of rotatable bonds is 73. The Morgan fingerprint density at radius 1 is 0.402 bits per heavy atom. The van der Waals surface area contributed by atoms with E-state index < -0.39 is 20.0 Å². The molecule has 0 heterocycles. The largest absolute Gasteiger partial charge is 0.756 e. The fourth-order valence-electron chi connectivity index (χ4n) is 12.1. The second-order valence-electron chi connectivity index (χ2n) is 28.1. The van der Waals surface area contributed by atoms with Gasteiger partial charge in [0.1, 0.15) is 13.2 Å². The van der Waals surface area contributed by atoms with Crippen LogP contribution < -0.4 is 10.2 Å².